The number of nitrogens with zero attached hydrogens (tertiary/aromatic N) is 1. The summed E-state index contributed by atoms with van der Waals surface area (Å²) in [5, 5.41) is 13.8. The molecule has 0 aliphatic carbocycles. The van der Waals surface area contributed by atoms with Crippen LogP contribution in [0, 0.1) is 0 Å². The van der Waals surface area contributed by atoms with Crippen LogP contribution in [-0.2, 0) is 5.54 Å². The highest BCUT2D eigenvalue weighted by Gasteiger charge is 2.26. The van der Waals surface area contributed by atoms with E-state index in [2.05, 4.69) is 21.2 Å². The quantitative estimate of drug-likeness (QED) is 0.649. The number of nitrogens with one attached hydrogen (secondary N) is 1. The van der Waals surface area contributed by atoms with E-state index in [-0.39, 0.29) is 11.3 Å². The minimum absolute atomic E-state index is 0.262. The van der Waals surface area contributed by atoms with Crippen LogP contribution >= 0.6 is 15.9 Å². The highest BCUT2D eigenvalue weighted by Crippen LogP contribution is 2.30. The Morgan fingerprint density at radius 3 is 2.31 bits per heavy atom. The number of anilines is 1. The van der Waals surface area contributed by atoms with Crippen LogP contribution in [0.15, 0.2) is 57.8 Å². The normalized spacial score (nSPS) is 11.5. The number of fused-ring (bicyclic) bond motifs is 1. The van der Waals surface area contributed by atoms with Crippen molar-refractivity contribution in [3.8, 4) is 5.75 Å². The van der Waals surface area contributed by atoms with Gasteiger partial charge in [0, 0.05) is 21.1 Å². The van der Waals surface area contributed by atoms with Gasteiger partial charge in [-0.3, -0.25) is 9.59 Å². The van der Waals surface area contributed by atoms with Gasteiger partial charge in [0.2, 0.25) is 0 Å². The first-order chi connectivity index (χ1) is 12.2. The van der Waals surface area contributed by atoms with Crippen LogP contribution in [0.2, 0.25) is 0 Å². The largest absolute Gasteiger partial charge is 0.506 e. The number of benzene rings is 2. The fraction of sp³-hybridized carbons (Fsp3) is 0.200. The first-order valence-corrected chi connectivity index (χ1v) is 8.93. The van der Waals surface area contributed by atoms with Gasteiger partial charge < -0.3 is 15.0 Å². The van der Waals surface area contributed by atoms with Crippen LogP contribution in [0.25, 0.3) is 10.9 Å². The van der Waals surface area contributed by atoms with E-state index in [0.29, 0.717) is 16.6 Å². The van der Waals surface area contributed by atoms with Gasteiger partial charge in [-0.1, -0.05) is 28.1 Å². The van der Waals surface area contributed by atoms with Gasteiger partial charge in [0.15, 0.2) is 0 Å². The summed E-state index contributed by atoms with van der Waals surface area (Å²) in [5.74, 6) is -0.945. The fourth-order valence-corrected chi connectivity index (χ4v) is 3.19. The summed E-state index contributed by atoms with van der Waals surface area (Å²) < 4.78 is 2.41. The Morgan fingerprint density at radius 2 is 1.69 bits per heavy atom. The molecule has 134 valence electrons. The van der Waals surface area contributed by atoms with Crippen molar-refractivity contribution in [3.63, 3.8) is 0 Å². The zero-order valence-corrected chi connectivity index (χ0v) is 16.3. The molecule has 0 bridgehead atoms. The second-order valence-electron chi connectivity index (χ2n) is 7.01. The number of pyridine rings is 1. The Morgan fingerprint density at radius 1 is 1.08 bits per heavy atom. The fourth-order valence-electron chi connectivity index (χ4n) is 2.92. The Labute approximate surface area is 159 Å². The van der Waals surface area contributed by atoms with E-state index in [1.165, 1.54) is 0 Å². The number of rotatable bonds is 2. The summed E-state index contributed by atoms with van der Waals surface area (Å²) in [7, 11) is 0. The van der Waals surface area contributed by atoms with Crippen LogP contribution < -0.4 is 10.9 Å². The zero-order valence-electron chi connectivity index (χ0n) is 14.7. The topological polar surface area (TPSA) is 71.3 Å². The van der Waals surface area contributed by atoms with Gasteiger partial charge in [-0.2, -0.15) is 0 Å². The third-order valence-corrected chi connectivity index (χ3v) is 4.58. The third kappa shape index (κ3) is 3.24. The number of aromatic nitrogens is 1. The second-order valence-corrected chi connectivity index (χ2v) is 7.93. The minimum atomic E-state index is -0.640. The molecule has 3 rings (SSSR count). The second kappa shape index (κ2) is 6.61. The molecule has 5 nitrogen and oxygen atoms in total. The van der Waals surface area contributed by atoms with Gasteiger partial charge in [-0.05, 0) is 57.2 Å². The summed E-state index contributed by atoms with van der Waals surface area (Å²) in [6.45, 7) is 5.65. The van der Waals surface area contributed by atoms with E-state index in [9.17, 15) is 14.7 Å². The molecule has 0 saturated heterocycles. The highest BCUT2D eigenvalue weighted by atomic mass is 79.9. The number of hydrogen-bond donors (Lipinski definition) is 2. The Hall–Kier alpha value is -2.60. The maximum absolute atomic E-state index is 13.1. The molecule has 1 aromatic heterocycles. The van der Waals surface area contributed by atoms with Crippen molar-refractivity contribution in [1.29, 1.82) is 0 Å². The van der Waals surface area contributed by atoms with E-state index >= 15 is 0 Å². The van der Waals surface area contributed by atoms with Gasteiger partial charge in [-0.15, -0.1) is 0 Å². The molecule has 26 heavy (non-hydrogen) atoms. The van der Waals surface area contributed by atoms with Crippen LogP contribution in [0.1, 0.15) is 31.1 Å². The predicted octanol–water partition coefficient (Wildman–Crippen LogP) is 4.48. The van der Waals surface area contributed by atoms with Crippen molar-refractivity contribution in [1.82, 2.24) is 4.57 Å². The van der Waals surface area contributed by atoms with Crippen molar-refractivity contribution in [2.24, 2.45) is 0 Å². The molecule has 1 heterocycles. The summed E-state index contributed by atoms with van der Waals surface area (Å²) in [6, 6.07) is 14.0. The average Bonchev–Trinajstić information content (AvgIpc) is 2.56. The van der Waals surface area contributed by atoms with E-state index in [4.69, 9.17) is 0 Å². The molecular weight excluding hydrogens is 396 g/mol. The number of carbonyl (C=O) groups is 1. The maximum Gasteiger partial charge on any atom is 0.268 e. The van der Waals surface area contributed by atoms with E-state index in [1.54, 1.807) is 53.1 Å². The predicted molar refractivity (Wildman–Crippen MR) is 107 cm³/mol. The molecule has 0 spiro atoms. The van der Waals surface area contributed by atoms with Gasteiger partial charge in [0.25, 0.3) is 11.5 Å². The van der Waals surface area contributed by atoms with Crippen molar-refractivity contribution >= 4 is 38.4 Å². The Balaban J connectivity index is 2.21. The smallest absolute Gasteiger partial charge is 0.268 e. The van der Waals surface area contributed by atoms with Crippen LogP contribution in [-0.4, -0.2) is 15.6 Å². The monoisotopic (exact) mass is 414 g/mol. The van der Waals surface area contributed by atoms with Gasteiger partial charge >= 0.3 is 0 Å². The standard InChI is InChI=1S/C20H19BrN2O3/c1-20(2,3)23-15-7-5-4-6-14(15)17(24)16(19(23)26)18(25)22-13-10-8-12(21)9-11-13/h4-11,24H,1-3H3,(H,22,25). The van der Waals surface area contributed by atoms with Crippen LogP contribution in [0.5, 0.6) is 5.75 Å². The molecule has 2 N–H and O–H groups in total. The number of aromatic hydroxyl groups is 1. The third-order valence-electron chi connectivity index (χ3n) is 4.05. The summed E-state index contributed by atoms with van der Waals surface area (Å²) in [4.78, 5) is 25.8. The van der Waals surface area contributed by atoms with Crippen LogP contribution in [0.3, 0.4) is 0 Å². The van der Waals surface area contributed by atoms with Crippen molar-refractivity contribution in [2.45, 2.75) is 26.3 Å². The number of hydrogen-bond acceptors (Lipinski definition) is 3. The van der Waals surface area contributed by atoms with Gasteiger partial charge in [0.05, 0.1) is 5.52 Å². The minimum Gasteiger partial charge on any atom is -0.506 e. The Bertz CT molecular complexity index is 1050. The van der Waals surface area contributed by atoms with E-state index < -0.39 is 17.0 Å². The first-order valence-electron chi connectivity index (χ1n) is 8.14. The van der Waals surface area contributed by atoms with Crippen LogP contribution in [0.4, 0.5) is 5.69 Å². The zero-order chi connectivity index (χ0) is 19.1. The molecule has 0 aliphatic heterocycles. The lowest BCUT2D eigenvalue weighted by atomic mass is 10.0. The summed E-state index contributed by atoms with van der Waals surface area (Å²) in [5.41, 5.74) is -0.225. The lowest BCUT2D eigenvalue weighted by molar-refractivity contribution is 0.102. The first kappa shape index (κ1) is 18.2. The van der Waals surface area contributed by atoms with Gasteiger partial charge in [0.1, 0.15) is 11.3 Å². The van der Waals surface area contributed by atoms with Gasteiger partial charge in [-0.25, -0.2) is 0 Å². The molecule has 0 unspecified atom stereocenters. The number of amides is 1. The average molecular weight is 415 g/mol. The molecule has 1 amide bonds. The lowest BCUT2D eigenvalue weighted by Gasteiger charge is -2.26. The summed E-state index contributed by atoms with van der Waals surface area (Å²) in [6.07, 6.45) is 0. The van der Waals surface area contributed by atoms with E-state index in [1.807, 2.05) is 20.8 Å². The molecule has 0 atom stereocenters. The number of carbonyl (C=O) groups excluding carboxylic acids is 1. The molecule has 0 fully saturated rings. The molecule has 2 aromatic carbocycles. The van der Waals surface area contributed by atoms with Crippen molar-refractivity contribution < 1.29 is 9.90 Å². The summed E-state index contributed by atoms with van der Waals surface area (Å²) >= 11 is 3.33. The SMILES string of the molecule is CC(C)(C)n1c(=O)c(C(=O)Nc2ccc(Br)cc2)c(O)c2ccccc21. The van der Waals surface area contributed by atoms with E-state index in [0.717, 1.165) is 4.47 Å². The molecular formula is C20H19BrN2O3. The number of para-hydroxylation sites is 1. The molecule has 0 radical (unpaired) electrons. The highest BCUT2D eigenvalue weighted by molar-refractivity contribution is 9.10. The molecule has 3 aromatic rings. The molecule has 0 aliphatic rings. The maximum atomic E-state index is 13.1. The Kier molecular flexibility index (Phi) is 4.63. The van der Waals surface area contributed by atoms with Crippen molar-refractivity contribution in [2.75, 3.05) is 5.32 Å². The molecule has 0 saturated carbocycles. The molecule has 6 heteroatoms. The van der Waals surface area contributed by atoms with Crippen molar-refractivity contribution in [3.05, 3.63) is 68.9 Å². The number of halogens is 1. The lowest BCUT2D eigenvalue weighted by Crippen LogP contribution is -2.38.